The normalized spacial score (nSPS) is 10.0. The molecule has 0 aromatic rings. The smallest absolute Gasteiger partial charge is 0.219 e. The highest BCUT2D eigenvalue weighted by Crippen LogP contribution is 2.20. The summed E-state index contributed by atoms with van der Waals surface area (Å²) in [6.45, 7) is 5.19. The van der Waals surface area contributed by atoms with Crippen LogP contribution >= 0.6 is 21.6 Å². The molecular weight excluding hydrogens is 256 g/mol. The van der Waals surface area contributed by atoms with Crippen molar-refractivity contribution in [3.8, 4) is 0 Å². The van der Waals surface area contributed by atoms with Crippen molar-refractivity contribution in [1.29, 1.82) is 0 Å². The highest BCUT2D eigenvalue weighted by atomic mass is 33.1. The van der Waals surface area contributed by atoms with E-state index in [1.165, 1.54) is 0 Å². The molecule has 4 nitrogen and oxygen atoms in total. The lowest BCUT2D eigenvalue weighted by molar-refractivity contribution is -0.121. The summed E-state index contributed by atoms with van der Waals surface area (Å²) in [5.74, 6) is 2.18. The van der Waals surface area contributed by atoms with Gasteiger partial charge in [-0.2, -0.15) is 0 Å². The van der Waals surface area contributed by atoms with Gasteiger partial charge in [0.05, 0.1) is 0 Å². The first-order valence-electron chi connectivity index (χ1n) is 5.98. The Balaban J connectivity index is 3.08. The van der Waals surface area contributed by atoms with Crippen molar-refractivity contribution >= 4 is 33.4 Å². The molecule has 0 saturated carbocycles. The molecule has 0 aromatic heterocycles. The van der Waals surface area contributed by atoms with E-state index in [4.69, 9.17) is 0 Å². The minimum Gasteiger partial charge on any atom is -0.356 e. The van der Waals surface area contributed by atoms with Gasteiger partial charge in [-0.05, 0) is 6.42 Å². The van der Waals surface area contributed by atoms with Crippen molar-refractivity contribution in [1.82, 2.24) is 10.6 Å². The van der Waals surface area contributed by atoms with Crippen LogP contribution in [0.2, 0.25) is 0 Å². The van der Waals surface area contributed by atoms with Gasteiger partial charge in [0.1, 0.15) is 0 Å². The van der Waals surface area contributed by atoms with Gasteiger partial charge in [-0.15, -0.1) is 0 Å². The van der Waals surface area contributed by atoms with E-state index in [1.807, 2.05) is 13.8 Å². The third-order valence-corrected chi connectivity index (χ3v) is 4.45. The Bertz CT molecular complexity index is 204. The summed E-state index contributed by atoms with van der Waals surface area (Å²) in [4.78, 5) is 21.8. The van der Waals surface area contributed by atoms with Crippen LogP contribution in [-0.2, 0) is 9.59 Å². The molecule has 0 saturated heterocycles. The molecule has 0 radical (unpaired) electrons. The lowest BCUT2D eigenvalue weighted by atomic mass is 10.4. The first kappa shape index (κ1) is 16.6. The van der Waals surface area contributed by atoms with E-state index in [0.29, 0.717) is 12.8 Å². The Morgan fingerprint density at radius 3 is 2.00 bits per heavy atom. The Kier molecular flexibility index (Phi) is 11.8. The number of rotatable bonds is 10. The SMILES string of the molecule is CCC(=O)NCCCSSCCNC(=O)CC. The van der Waals surface area contributed by atoms with Crippen LogP contribution in [0.3, 0.4) is 0 Å². The molecule has 0 aliphatic heterocycles. The average Bonchev–Trinajstić information content (AvgIpc) is 2.35. The van der Waals surface area contributed by atoms with Gasteiger partial charge >= 0.3 is 0 Å². The highest BCUT2D eigenvalue weighted by Gasteiger charge is 1.97. The summed E-state index contributed by atoms with van der Waals surface area (Å²) in [5, 5.41) is 5.67. The molecule has 17 heavy (non-hydrogen) atoms. The monoisotopic (exact) mass is 278 g/mol. The van der Waals surface area contributed by atoms with E-state index in [0.717, 1.165) is 31.0 Å². The predicted molar refractivity (Wildman–Crippen MR) is 76.1 cm³/mol. The van der Waals surface area contributed by atoms with Crippen molar-refractivity contribution in [2.45, 2.75) is 33.1 Å². The van der Waals surface area contributed by atoms with Crippen LogP contribution in [0.4, 0.5) is 0 Å². The topological polar surface area (TPSA) is 58.2 Å². The third kappa shape index (κ3) is 11.9. The molecule has 2 amide bonds. The number of carbonyl (C=O) groups is 2. The van der Waals surface area contributed by atoms with Crippen LogP contribution in [0.5, 0.6) is 0 Å². The predicted octanol–water partition coefficient (Wildman–Crippen LogP) is 1.81. The van der Waals surface area contributed by atoms with Gasteiger partial charge in [-0.3, -0.25) is 9.59 Å². The Morgan fingerprint density at radius 1 is 0.882 bits per heavy atom. The summed E-state index contributed by atoms with van der Waals surface area (Å²) >= 11 is 0. The summed E-state index contributed by atoms with van der Waals surface area (Å²) in [6.07, 6.45) is 2.10. The fraction of sp³-hybridized carbons (Fsp3) is 0.818. The van der Waals surface area contributed by atoms with Crippen LogP contribution in [-0.4, -0.2) is 36.4 Å². The summed E-state index contributed by atoms with van der Waals surface area (Å²) in [7, 11) is 3.55. The van der Waals surface area contributed by atoms with Gasteiger partial charge in [0.25, 0.3) is 0 Å². The zero-order valence-electron chi connectivity index (χ0n) is 10.6. The second kappa shape index (κ2) is 12.1. The molecule has 2 N–H and O–H groups in total. The molecule has 0 aliphatic rings. The van der Waals surface area contributed by atoms with E-state index in [-0.39, 0.29) is 11.8 Å². The molecule has 6 heteroatoms. The Labute approximate surface area is 111 Å². The number of carbonyl (C=O) groups excluding carboxylic acids is 2. The van der Waals surface area contributed by atoms with Crippen molar-refractivity contribution < 1.29 is 9.59 Å². The zero-order valence-corrected chi connectivity index (χ0v) is 12.2. The molecule has 0 aliphatic carbocycles. The fourth-order valence-corrected chi connectivity index (χ4v) is 2.95. The summed E-state index contributed by atoms with van der Waals surface area (Å²) in [5.41, 5.74) is 0. The Morgan fingerprint density at radius 2 is 1.41 bits per heavy atom. The van der Waals surface area contributed by atoms with Gasteiger partial charge in [-0.1, -0.05) is 35.4 Å². The van der Waals surface area contributed by atoms with Crippen molar-refractivity contribution in [2.24, 2.45) is 0 Å². The van der Waals surface area contributed by atoms with Crippen molar-refractivity contribution in [3.63, 3.8) is 0 Å². The molecule has 0 heterocycles. The van der Waals surface area contributed by atoms with E-state index < -0.39 is 0 Å². The lowest BCUT2D eigenvalue weighted by Crippen LogP contribution is -2.24. The van der Waals surface area contributed by atoms with Crippen molar-refractivity contribution in [3.05, 3.63) is 0 Å². The van der Waals surface area contributed by atoms with Gasteiger partial charge in [0.2, 0.25) is 11.8 Å². The number of amides is 2. The van der Waals surface area contributed by atoms with Gasteiger partial charge in [0, 0.05) is 37.4 Å². The number of nitrogens with one attached hydrogen (secondary N) is 2. The largest absolute Gasteiger partial charge is 0.356 e. The molecule has 0 fully saturated rings. The molecule has 100 valence electrons. The maximum atomic E-state index is 10.9. The number of hydrogen-bond donors (Lipinski definition) is 2. The molecule has 0 unspecified atom stereocenters. The zero-order chi connectivity index (χ0) is 12.9. The first-order valence-corrected chi connectivity index (χ1v) is 8.47. The molecular formula is C11H22N2O2S2. The molecule has 0 rings (SSSR count). The minimum atomic E-state index is 0.109. The van der Waals surface area contributed by atoms with Crippen LogP contribution < -0.4 is 10.6 Å². The van der Waals surface area contributed by atoms with Crippen molar-refractivity contribution in [2.75, 3.05) is 24.6 Å². The quantitative estimate of drug-likeness (QED) is 0.473. The molecule has 0 aromatic carbocycles. The van der Waals surface area contributed by atoms with Crippen LogP contribution in [0, 0.1) is 0 Å². The van der Waals surface area contributed by atoms with Crippen LogP contribution in [0.25, 0.3) is 0 Å². The second-order valence-corrected chi connectivity index (χ2v) is 6.11. The summed E-state index contributed by atoms with van der Waals surface area (Å²) in [6, 6.07) is 0. The van der Waals surface area contributed by atoms with Gasteiger partial charge < -0.3 is 10.6 Å². The summed E-state index contributed by atoms with van der Waals surface area (Å²) < 4.78 is 0. The molecule has 0 spiro atoms. The number of hydrogen-bond acceptors (Lipinski definition) is 4. The van der Waals surface area contributed by atoms with E-state index in [9.17, 15) is 9.59 Å². The molecule has 0 bridgehead atoms. The van der Waals surface area contributed by atoms with E-state index in [2.05, 4.69) is 10.6 Å². The third-order valence-electron chi connectivity index (χ3n) is 1.96. The van der Waals surface area contributed by atoms with Gasteiger partial charge in [-0.25, -0.2) is 0 Å². The van der Waals surface area contributed by atoms with Gasteiger partial charge in [0.15, 0.2) is 0 Å². The minimum absolute atomic E-state index is 0.109. The average molecular weight is 278 g/mol. The van der Waals surface area contributed by atoms with E-state index in [1.54, 1.807) is 21.6 Å². The second-order valence-electron chi connectivity index (χ2n) is 3.40. The van der Waals surface area contributed by atoms with Crippen LogP contribution in [0.15, 0.2) is 0 Å². The highest BCUT2D eigenvalue weighted by molar-refractivity contribution is 8.76. The maximum Gasteiger partial charge on any atom is 0.219 e. The standard InChI is InChI=1S/C11H22N2O2S2/c1-3-10(14)12-6-5-8-16-17-9-7-13-11(15)4-2/h3-9H2,1-2H3,(H,12,14)(H,13,15). The molecule has 0 atom stereocenters. The maximum absolute atomic E-state index is 10.9. The van der Waals surface area contributed by atoms with E-state index >= 15 is 0 Å². The Hall–Kier alpha value is -0.360. The first-order chi connectivity index (χ1) is 8.20. The fourth-order valence-electron chi connectivity index (χ4n) is 0.959. The van der Waals surface area contributed by atoms with Crippen LogP contribution in [0.1, 0.15) is 33.1 Å². The lowest BCUT2D eigenvalue weighted by Gasteiger charge is -2.04.